The second-order valence-electron chi connectivity index (χ2n) is 7.68. The smallest absolute Gasteiger partial charge is 0.300 e. The minimum atomic E-state index is -0.721. The van der Waals surface area contributed by atoms with E-state index in [-0.39, 0.29) is 11.3 Å². The molecule has 1 unspecified atom stereocenters. The van der Waals surface area contributed by atoms with E-state index in [4.69, 9.17) is 11.6 Å². The van der Waals surface area contributed by atoms with Crippen LogP contribution in [-0.2, 0) is 9.59 Å². The maximum Gasteiger partial charge on any atom is 0.300 e. The van der Waals surface area contributed by atoms with E-state index in [2.05, 4.69) is 0 Å². The standard InChI is InChI=1S/C26H18ClNO3S/c1-15-13-19(27)10-11-20(15)28-23(21-7-4-12-32-21)22(25(30)26(28)31)24(29)18-9-8-16-5-2-3-6-17(16)14-18/h2-14,23,29H,1H3/b24-22-. The average Bonchev–Trinajstić information content (AvgIpc) is 3.40. The maximum absolute atomic E-state index is 13.2. The largest absolute Gasteiger partial charge is 0.507 e. The summed E-state index contributed by atoms with van der Waals surface area (Å²) >= 11 is 7.55. The Kier molecular flexibility index (Phi) is 5.08. The van der Waals surface area contributed by atoms with Crippen molar-refractivity contribution in [1.29, 1.82) is 0 Å². The van der Waals surface area contributed by atoms with E-state index in [1.807, 2.05) is 60.8 Å². The van der Waals surface area contributed by atoms with Crippen LogP contribution >= 0.6 is 22.9 Å². The van der Waals surface area contributed by atoms with Crippen LogP contribution in [0.2, 0.25) is 5.02 Å². The maximum atomic E-state index is 13.2. The van der Waals surface area contributed by atoms with E-state index in [1.165, 1.54) is 16.2 Å². The van der Waals surface area contributed by atoms with Crippen molar-refractivity contribution < 1.29 is 14.7 Å². The zero-order valence-corrected chi connectivity index (χ0v) is 18.7. The first-order chi connectivity index (χ1) is 15.5. The van der Waals surface area contributed by atoms with Crippen molar-refractivity contribution in [1.82, 2.24) is 0 Å². The summed E-state index contributed by atoms with van der Waals surface area (Å²) in [6.45, 7) is 1.84. The summed E-state index contributed by atoms with van der Waals surface area (Å²) in [6, 6.07) is 21.5. The number of amides is 1. The predicted molar refractivity (Wildman–Crippen MR) is 129 cm³/mol. The van der Waals surface area contributed by atoms with Gasteiger partial charge in [0.2, 0.25) is 0 Å². The van der Waals surface area contributed by atoms with Gasteiger partial charge < -0.3 is 5.11 Å². The lowest BCUT2D eigenvalue weighted by atomic mass is 9.98. The molecule has 0 bridgehead atoms. The highest BCUT2D eigenvalue weighted by molar-refractivity contribution is 7.10. The molecule has 1 amide bonds. The number of benzene rings is 3. The molecule has 0 radical (unpaired) electrons. The minimum Gasteiger partial charge on any atom is -0.507 e. The predicted octanol–water partition coefficient (Wildman–Crippen LogP) is 6.49. The van der Waals surface area contributed by atoms with Crippen LogP contribution in [0.1, 0.15) is 22.0 Å². The van der Waals surface area contributed by atoms with Crippen molar-refractivity contribution in [2.45, 2.75) is 13.0 Å². The van der Waals surface area contributed by atoms with Crippen molar-refractivity contribution in [3.63, 3.8) is 0 Å². The van der Waals surface area contributed by atoms with Gasteiger partial charge in [0.1, 0.15) is 11.8 Å². The molecule has 1 aliphatic rings. The van der Waals surface area contributed by atoms with Crippen molar-refractivity contribution in [2.24, 2.45) is 0 Å². The molecule has 1 aromatic heterocycles. The molecule has 0 spiro atoms. The Balaban J connectivity index is 1.72. The van der Waals surface area contributed by atoms with Gasteiger partial charge >= 0.3 is 0 Å². The fourth-order valence-corrected chi connectivity index (χ4v) is 5.23. The van der Waals surface area contributed by atoms with Gasteiger partial charge in [0.15, 0.2) is 0 Å². The number of aliphatic hydroxyl groups excluding tert-OH is 1. The fraction of sp³-hybridized carbons (Fsp3) is 0.0769. The first-order valence-electron chi connectivity index (χ1n) is 10.1. The lowest BCUT2D eigenvalue weighted by Gasteiger charge is -2.25. The number of Topliss-reactive ketones (excluding diaryl/α,β-unsaturated/α-hetero) is 1. The van der Waals surface area contributed by atoms with Crippen LogP contribution in [0.15, 0.2) is 83.7 Å². The van der Waals surface area contributed by atoms with E-state index < -0.39 is 17.7 Å². The van der Waals surface area contributed by atoms with Gasteiger partial charge in [-0.2, -0.15) is 0 Å². The Morgan fingerprint density at radius 1 is 0.969 bits per heavy atom. The SMILES string of the molecule is Cc1cc(Cl)ccc1N1C(=O)C(=O)/C(=C(\O)c2ccc3ccccc3c2)C1c1cccs1. The molecule has 5 rings (SSSR count). The second-order valence-corrected chi connectivity index (χ2v) is 9.09. The van der Waals surface area contributed by atoms with Gasteiger partial charge in [-0.1, -0.05) is 54.1 Å². The number of ketones is 1. The highest BCUT2D eigenvalue weighted by atomic mass is 35.5. The first-order valence-corrected chi connectivity index (χ1v) is 11.3. The lowest BCUT2D eigenvalue weighted by Crippen LogP contribution is -2.29. The number of rotatable bonds is 3. The van der Waals surface area contributed by atoms with Gasteiger partial charge in [0.25, 0.3) is 11.7 Å². The van der Waals surface area contributed by atoms with Crippen LogP contribution in [0.4, 0.5) is 5.69 Å². The van der Waals surface area contributed by atoms with E-state index in [9.17, 15) is 14.7 Å². The number of aliphatic hydroxyl groups is 1. The number of anilines is 1. The number of nitrogens with zero attached hydrogens (tertiary/aromatic N) is 1. The number of hydrogen-bond acceptors (Lipinski definition) is 4. The quantitative estimate of drug-likeness (QED) is 0.216. The van der Waals surface area contributed by atoms with E-state index >= 15 is 0 Å². The Morgan fingerprint density at radius 2 is 1.75 bits per heavy atom. The summed E-state index contributed by atoms with van der Waals surface area (Å²) in [4.78, 5) is 28.7. The minimum absolute atomic E-state index is 0.0853. The van der Waals surface area contributed by atoms with Crippen molar-refractivity contribution in [3.05, 3.63) is 105 Å². The number of halogens is 1. The third kappa shape index (κ3) is 3.30. The Hall–Kier alpha value is -3.41. The molecule has 158 valence electrons. The van der Waals surface area contributed by atoms with Gasteiger partial charge in [0.05, 0.1) is 5.57 Å². The number of fused-ring (bicyclic) bond motifs is 1. The van der Waals surface area contributed by atoms with Crippen LogP contribution in [0.3, 0.4) is 0 Å². The van der Waals surface area contributed by atoms with Crippen LogP contribution in [0.25, 0.3) is 16.5 Å². The molecule has 4 aromatic rings. The molecule has 6 heteroatoms. The highest BCUT2D eigenvalue weighted by Crippen LogP contribution is 2.44. The summed E-state index contributed by atoms with van der Waals surface area (Å²) in [7, 11) is 0. The topological polar surface area (TPSA) is 57.6 Å². The molecule has 1 atom stereocenters. The third-order valence-electron chi connectivity index (χ3n) is 5.70. The third-order valence-corrected chi connectivity index (χ3v) is 6.86. The summed E-state index contributed by atoms with van der Waals surface area (Å²) in [5.74, 6) is -1.55. The Labute approximate surface area is 194 Å². The molecule has 0 aliphatic carbocycles. The average molecular weight is 460 g/mol. The van der Waals surface area contributed by atoms with Crippen LogP contribution in [0, 0.1) is 6.92 Å². The molecule has 32 heavy (non-hydrogen) atoms. The van der Waals surface area contributed by atoms with Crippen LogP contribution in [-0.4, -0.2) is 16.8 Å². The zero-order chi connectivity index (χ0) is 22.4. The number of thiophene rings is 1. The molecule has 2 heterocycles. The zero-order valence-electron chi connectivity index (χ0n) is 17.1. The normalized spacial score (nSPS) is 17.9. The van der Waals surface area contributed by atoms with Gasteiger partial charge in [-0.15, -0.1) is 11.3 Å². The Morgan fingerprint density at radius 3 is 2.47 bits per heavy atom. The summed E-state index contributed by atoms with van der Waals surface area (Å²) in [6.07, 6.45) is 0. The van der Waals surface area contributed by atoms with Crippen LogP contribution < -0.4 is 4.90 Å². The number of hydrogen-bond donors (Lipinski definition) is 1. The summed E-state index contributed by atoms with van der Waals surface area (Å²) in [5, 5.41) is 15.7. The molecular weight excluding hydrogens is 442 g/mol. The van der Waals surface area contributed by atoms with Gasteiger partial charge in [-0.3, -0.25) is 14.5 Å². The summed E-state index contributed by atoms with van der Waals surface area (Å²) in [5.41, 5.74) is 1.94. The summed E-state index contributed by atoms with van der Waals surface area (Å²) < 4.78 is 0. The van der Waals surface area contributed by atoms with E-state index in [1.54, 1.807) is 24.3 Å². The molecular formula is C26H18ClNO3S. The fourth-order valence-electron chi connectivity index (χ4n) is 4.18. The molecule has 1 aliphatic heterocycles. The van der Waals surface area contributed by atoms with Crippen molar-refractivity contribution in [2.75, 3.05) is 4.90 Å². The molecule has 1 N–H and O–H groups in total. The Bertz CT molecular complexity index is 1410. The van der Waals surface area contributed by atoms with E-state index in [0.717, 1.165) is 21.2 Å². The van der Waals surface area contributed by atoms with E-state index in [0.29, 0.717) is 16.3 Å². The number of carbonyl (C=O) groups is 2. The molecule has 1 saturated heterocycles. The van der Waals surface area contributed by atoms with Crippen molar-refractivity contribution in [3.8, 4) is 0 Å². The van der Waals surface area contributed by atoms with Gasteiger partial charge in [-0.05, 0) is 59.0 Å². The molecule has 3 aromatic carbocycles. The number of aryl methyl sites for hydroxylation is 1. The molecule has 4 nitrogen and oxygen atoms in total. The monoisotopic (exact) mass is 459 g/mol. The molecule has 1 fully saturated rings. The van der Waals surface area contributed by atoms with Gasteiger partial charge in [-0.25, -0.2) is 0 Å². The first kappa shape index (κ1) is 20.5. The molecule has 0 saturated carbocycles. The highest BCUT2D eigenvalue weighted by Gasteiger charge is 2.47. The van der Waals surface area contributed by atoms with Gasteiger partial charge in [0, 0.05) is 21.2 Å². The lowest BCUT2D eigenvalue weighted by molar-refractivity contribution is -0.132. The van der Waals surface area contributed by atoms with Crippen molar-refractivity contribution >= 4 is 56.8 Å². The van der Waals surface area contributed by atoms with Crippen LogP contribution in [0.5, 0.6) is 0 Å². The number of carbonyl (C=O) groups excluding carboxylic acids is 2. The second kappa shape index (κ2) is 7.93.